The van der Waals surface area contributed by atoms with Gasteiger partial charge in [0.1, 0.15) is 0 Å². The zero-order valence-corrected chi connectivity index (χ0v) is 20.3. The monoisotopic (exact) mass is 464 g/mol. The van der Waals surface area contributed by atoms with Crippen molar-refractivity contribution in [2.75, 3.05) is 0 Å². The van der Waals surface area contributed by atoms with Gasteiger partial charge in [-0.2, -0.15) is 4.98 Å². The Morgan fingerprint density at radius 2 is 1.65 bits per heavy atom. The molecule has 2 fully saturated rings. The molecule has 2 aliphatic carbocycles. The van der Waals surface area contributed by atoms with Gasteiger partial charge in [-0.3, -0.25) is 14.6 Å². The molecule has 1 atom stereocenters. The van der Waals surface area contributed by atoms with E-state index in [2.05, 4.69) is 29.1 Å². The van der Waals surface area contributed by atoms with E-state index < -0.39 is 0 Å². The lowest BCUT2D eigenvalue weighted by molar-refractivity contribution is -0.140. The predicted molar refractivity (Wildman–Crippen MR) is 130 cm³/mol. The lowest BCUT2D eigenvalue weighted by atomic mass is 9.88. The third kappa shape index (κ3) is 6.19. The fourth-order valence-electron chi connectivity index (χ4n) is 5.02. The SMILES string of the molecule is CC(C)[C@H](NC(=O)C1CCCCC1)c1cc(OC(=O)C2CCCCC2)nc(-c2cccnc2)n1. The van der Waals surface area contributed by atoms with Crippen LogP contribution in [0.5, 0.6) is 5.88 Å². The Balaban J connectivity index is 1.62. The zero-order valence-electron chi connectivity index (χ0n) is 20.3. The van der Waals surface area contributed by atoms with Crippen LogP contribution >= 0.6 is 0 Å². The van der Waals surface area contributed by atoms with Crippen molar-refractivity contribution in [3.8, 4) is 17.3 Å². The molecule has 1 amide bonds. The number of rotatable bonds is 7. The minimum absolute atomic E-state index is 0.0539. The smallest absolute Gasteiger partial charge is 0.315 e. The van der Waals surface area contributed by atoms with Crippen LogP contribution in [0.1, 0.15) is 89.8 Å². The maximum Gasteiger partial charge on any atom is 0.315 e. The van der Waals surface area contributed by atoms with Crippen LogP contribution in [0.4, 0.5) is 0 Å². The fraction of sp³-hybridized carbons (Fsp3) is 0.593. The first kappa shape index (κ1) is 24.3. The minimum atomic E-state index is -0.306. The van der Waals surface area contributed by atoms with Crippen molar-refractivity contribution in [3.63, 3.8) is 0 Å². The zero-order chi connectivity index (χ0) is 23.9. The molecule has 0 saturated heterocycles. The van der Waals surface area contributed by atoms with E-state index in [1.807, 2.05) is 12.1 Å². The number of pyridine rings is 1. The van der Waals surface area contributed by atoms with E-state index in [0.717, 1.165) is 56.9 Å². The number of carbonyl (C=O) groups is 2. The van der Waals surface area contributed by atoms with Crippen LogP contribution < -0.4 is 10.1 Å². The molecule has 2 saturated carbocycles. The molecule has 7 heteroatoms. The third-order valence-electron chi connectivity index (χ3n) is 7.04. The molecule has 7 nitrogen and oxygen atoms in total. The van der Waals surface area contributed by atoms with Crippen molar-refractivity contribution >= 4 is 11.9 Å². The van der Waals surface area contributed by atoms with Gasteiger partial charge in [0.05, 0.1) is 17.7 Å². The van der Waals surface area contributed by atoms with Gasteiger partial charge in [0, 0.05) is 29.9 Å². The van der Waals surface area contributed by atoms with Gasteiger partial charge in [-0.15, -0.1) is 0 Å². The molecule has 2 heterocycles. The molecule has 0 unspecified atom stereocenters. The summed E-state index contributed by atoms with van der Waals surface area (Å²) in [6.07, 6.45) is 13.7. The Morgan fingerprint density at radius 3 is 2.26 bits per heavy atom. The number of hydrogen-bond acceptors (Lipinski definition) is 6. The van der Waals surface area contributed by atoms with Gasteiger partial charge in [-0.1, -0.05) is 52.4 Å². The maximum absolute atomic E-state index is 13.1. The van der Waals surface area contributed by atoms with Crippen LogP contribution in [0.25, 0.3) is 11.4 Å². The molecule has 34 heavy (non-hydrogen) atoms. The quantitative estimate of drug-likeness (QED) is 0.550. The van der Waals surface area contributed by atoms with Crippen molar-refractivity contribution in [3.05, 3.63) is 36.3 Å². The lowest BCUT2D eigenvalue weighted by Gasteiger charge is -2.27. The average molecular weight is 465 g/mol. The van der Waals surface area contributed by atoms with Crippen LogP contribution in [-0.4, -0.2) is 26.8 Å². The Kier molecular flexibility index (Phi) is 8.25. The van der Waals surface area contributed by atoms with E-state index in [9.17, 15) is 9.59 Å². The molecule has 182 valence electrons. The Morgan fingerprint density at radius 1 is 0.971 bits per heavy atom. The summed E-state index contributed by atoms with van der Waals surface area (Å²) in [5.41, 5.74) is 1.39. The van der Waals surface area contributed by atoms with Gasteiger partial charge in [-0.25, -0.2) is 4.98 Å². The van der Waals surface area contributed by atoms with E-state index in [1.54, 1.807) is 18.5 Å². The predicted octanol–water partition coefficient (Wildman–Crippen LogP) is 5.42. The molecular formula is C27H36N4O3. The molecule has 0 aliphatic heterocycles. The maximum atomic E-state index is 13.1. The Hall–Kier alpha value is -2.83. The summed E-state index contributed by atoms with van der Waals surface area (Å²) in [6, 6.07) is 5.11. The lowest BCUT2D eigenvalue weighted by Crippen LogP contribution is -2.37. The molecule has 1 N–H and O–H groups in total. The average Bonchev–Trinajstić information content (AvgIpc) is 2.88. The molecule has 2 aliphatic rings. The third-order valence-corrected chi connectivity index (χ3v) is 7.04. The van der Waals surface area contributed by atoms with Crippen molar-refractivity contribution in [1.29, 1.82) is 0 Å². The van der Waals surface area contributed by atoms with Gasteiger partial charge >= 0.3 is 5.97 Å². The first-order valence-electron chi connectivity index (χ1n) is 12.8. The highest BCUT2D eigenvalue weighted by molar-refractivity contribution is 5.79. The number of carbonyl (C=O) groups excluding carboxylic acids is 2. The topological polar surface area (TPSA) is 94.1 Å². The highest BCUT2D eigenvalue weighted by Crippen LogP contribution is 2.30. The second-order valence-corrected chi connectivity index (χ2v) is 10.0. The molecular weight excluding hydrogens is 428 g/mol. The highest BCUT2D eigenvalue weighted by Gasteiger charge is 2.28. The summed E-state index contributed by atoms with van der Waals surface area (Å²) in [7, 11) is 0. The van der Waals surface area contributed by atoms with Crippen LogP contribution in [0.3, 0.4) is 0 Å². The summed E-state index contributed by atoms with van der Waals surface area (Å²) in [5.74, 6) is 0.603. The highest BCUT2D eigenvalue weighted by atomic mass is 16.5. The summed E-state index contributed by atoms with van der Waals surface area (Å²) in [4.78, 5) is 39.4. The second-order valence-electron chi connectivity index (χ2n) is 10.0. The van der Waals surface area contributed by atoms with Crippen LogP contribution in [0.15, 0.2) is 30.6 Å². The molecule has 0 spiro atoms. The summed E-state index contributed by atoms with van der Waals surface area (Å²) in [6.45, 7) is 4.12. The largest absolute Gasteiger partial charge is 0.407 e. The van der Waals surface area contributed by atoms with E-state index in [-0.39, 0.29) is 41.6 Å². The normalized spacial score (nSPS) is 18.4. The van der Waals surface area contributed by atoms with Crippen LogP contribution in [-0.2, 0) is 9.59 Å². The van der Waals surface area contributed by atoms with Gasteiger partial charge in [-0.05, 0) is 43.7 Å². The summed E-state index contributed by atoms with van der Waals surface area (Å²) < 4.78 is 5.78. The number of hydrogen-bond donors (Lipinski definition) is 1. The van der Waals surface area contributed by atoms with E-state index in [1.165, 1.54) is 12.8 Å². The molecule has 0 aromatic carbocycles. The van der Waals surface area contributed by atoms with Crippen molar-refractivity contribution < 1.29 is 14.3 Å². The van der Waals surface area contributed by atoms with Gasteiger partial charge in [0.15, 0.2) is 5.82 Å². The van der Waals surface area contributed by atoms with Crippen molar-refractivity contribution in [2.45, 2.75) is 84.1 Å². The van der Waals surface area contributed by atoms with Gasteiger partial charge < -0.3 is 10.1 Å². The molecule has 4 rings (SSSR count). The molecule has 0 bridgehead atoms. The number of nitrogens with one attached hydrogen (secondary N) is 1. The van der Waals surface area contributed by atoms with Crippen LogP contribution in [0.2, 0.25) is 0 Å². The number of amides is 1. The standard InChI is InChI=1S/C27H36N4O3/c1-18(2)24(31-26(32)19-10-5-3-6-11-19)22-16-23(34-27(33)20-12-7-4-8-13-20)30-25(29-22)21-14-9-15-28-17-21/h9,14-20,24H,3-8,10-13H2,1-2H3,(H,31,32)/t24-/m0/s1. The van der Waals surface area contributed by atoms with Crippen molar-refractivity contribution in [2.24, 2.45) is 17.8 Å². The summed E-state index contributed by atoms with van der Waals surface area (Å²) in [5, 5.41) is 3.24. The van der Waals surface area contributed by atoms with E-state index in [0.29, 0.717) is 11.5 Å². The summed E-state index contributed by atoms with van der Waals surface area (Å²) >= 11 is 0. The Bertz CT molecular complexity index is 967. The van der Waals surface area contributed by atoms with Gasteiger partial charge in [0.2, 0.25) is 11.8 Å². The number of esters is 1. The number of aromatic nitrogens is 3. The Labute approximate surface area is 202 Å². The molecule has 0 radical (unpaired) electrons. The van der Waals surface area contributed by atoms with Crippen molar-refractivity contribution in [1.82, 2.24) is 20.3 Å². The van der Waals surface area contributed by atoms with E-state index in [4.69, 9.17) is 9.72 Å². The second kappa shape index (κ2) is 11.5. The fourth-order valence-corrected chi connectivity index (χ4v) is 5.02. The number of nitrogens with zero attached hydrogens (tertiary/aromatic N) is 3. The molecule has 2 aromatic rings. The molecule has 2 aromatic heterocycles. The first-order valence-corrected chi connectivity index (χ1v) is 12.8. The van der Waals surface area contributed by atoms with Gasteiger partial charge in [0.25, 0.3) is 0 Å². The van der Waals surface area contributed by atoms with Crippen LogP contribution in [0, 0.1) is 17.8 Å². The first-order chi connectivity index (χ1) is 16.5. The number of ether oxygens (including phenoxy) is 1. The minimum Gasteiger partial charge on any atom is -0.407 e. The van der Waals surface area contributed by atoms with E-state index >= 15 is 0 Å².